The highest BCUT2D eigenvalue weighted by molar-refractivity contribution is 5.80. The van der Waals surface area contributed by atoms with Gasteiger partial charge in [0, 0.05) is 45.5 Å². The first-order chi connectivity index (χ1) is 15.6. The van der Waals surface area contributed by atoms with Crippen LogP contribution in [-0.4, -0.2) is 51.5 Å². The van der Waals surface area contributed by atoms with E-state index in [4.69, 9.17) is 4.98 Å². The van der Waals surface area contributed by atoms with Gasteiger partial charge in [-0.05, 0) is 29.5 Å². The number of nitrogens with zero attached hydrogens (tertiary/aromatic N) is 5. The van der Waals surface area contributed by atoms with Gasteiger partial charge in [-0.25, -0.2) is 4.98 Å². The van der Waals surface area contributed by atoms with E-state index in [9.17, 15) is 0 Å². The third-order valence-electron chi connectivity index (χ3n) is 6.41. The van der Waals surface area contributed by atoms with Gasteiger partial charge >= 0.3 is 0 Å². The minimum Gasteiger partial charge on any atom is -0.365 e. The number of aromatic nitrogens is 3. The highest BCUT2D eigenvalue weighted by Crippen LogP contribution is 2.30. The van der Waals surface area contributed by atoms with Crippen molar-refractivity contribution in [1.29, 1.82) is 0 Å². The first kappa shape index (κ1) is 20.3. The van der Waals surface area contributed by atoms with Gasteiger partial charge in [-0.1, -0.05) is 61.2 Å². The van der Waals surface area contributed by atoms with Crippen LogP contribution in [0.4, 0.5) is 0 Å². The van der Waals surface area contributed by atoms with E-state index >= 15 is 0 Å². The molecule has 0 saturated carbocycles. The normalized spacial score (nSPS) is 15.9. The fourth-order valence-electron chi connectivity index (χ4n) is 4.59. The molecule has 5 heteroatoms. The standard InChI is InChI=1S/C27H29N5/c1-20(30(2)3)31-16-14-21(18-31)19-32-26-13-15-28-17-25(26)29-27(32)24-11-9-23(10-12-24)22-7-5-4-6-8-22/h4-13,15,17,21H,1,14,16,18-19H2,2-3H3/t21-/m1/s1. The summed E-state index contributed by atoms with van der Waals surface area (Å²) in [6, 6.07) is 21.3. The Labute approximate surface area is 189 Å². The molecule has 162 valence electrons. The molecule has 0 bridgehead atoms. The predicted molar refractivity (Wildman–Crippen MR) is 131 cm³/mol. The Morgan fingerprint density at radius 2 is 1.72 bits per heavy atom. The molecule has 2 aromatic carbocycles. The van der Waals surface area contributed by atoms with Crippen LogP contribution in [0.1, 0.15) is 6.42 Å². The van der Waals surface area contributed by atoms with Crippen molar-refractivity contribution in [2.24, 2.45) is 5.92 Å². The largest absolute Gasteiger partial charge is 0.365 e. The Balaban J connectivity index is 1.46. The molecule has 1 saturated heterocycles. The van der Waals surface area contributed by atoms with Crippen LogP contribution < -0.4 is 0 Å². The molecular weight excluding hydrogens is 394 g/mol. The molecule has 0 unspecified atom stereocenters. The summed E-state index contributed by atoms with van der Waals surface area (Å²) in [7, 11) is 4.12. The topological polar surface area (TPSA) is 37.2 Å². The first-order valence-corrected chi connectivity index (χ1v) is 11.2. The van der Waals surface area contributed by atoms with Crippen molar-refractivity contribution in [3.63, 3.8) is 0 Å². The van der Waals surface area contributed by atoms with Gasteiger partial charge in [0.25, 0.3) is 0 Å². The summed E-state index contributed by atoms with van der Waals surface area (Å²) in [5.74, 6) is 2.65. The van der Waals surface area contributed by atoms with Gasteiger partial charge < -0.3 is 14.4 Å². The lowest BCUT2D eigenvalue weighted by Crippen LogP contribution is -2.29. The lowest BCUT2D eigenvalue weighted by atomic mass is 10.0. The Kier molecular flexibility index (Phi) is 5.39. The summed E-state index contributed by atoms with van der Waals surface area (Å²) in [5.41, 5.74) is 5.67. The number of hydrogen-bond acceptors (Lipinski definition) is 4. The number of imidazole rings is 1. The monoisotopic (exact) mass is 423 g/mol. The Hall–Kier alpha value is -3.60. The summed E-state index contributed by atoms with van der Waals surface area (Å²) >= 11 is 0. The molecule has 0 radical (unpaired) electrons. The molecular formula is C27H29N5. The van der Waals surface area contributed by atoms with Crippen molar-refractivity contribution in [2.75, 3.05) is 27.2 Å². The maximum Gasteiger partial charge on any atom is 0.141 e. The van der Waals surface area contributed by atoms with E-state index in [1.165, 1.54) is 11.1 Å². The van der Waals surface area contributed by atoms with Gasteiger partial charge in [0.15, 0.2) is 0 Å². The van der Waals surface area contributed by atoms with E-state index in [1.54, 1.807) is 0 Å². The van der Waals surface area contributed by atoms with Crippen molar-refractivity contribution >= 4 is 11.0 Å². The van der Waals surface area contributed by atoms with Crippen LogP contribution in [0.25, 0.3) is 33.5 Å². The summed E-state index contributed by atoms with van der Waals surface area (Å²) < 4.78 is 2.38. The molecule has 1 atom stereocenters. The van der Waals surface area contributed by atoms with Gasteiger partial charge in [-0.2, -0.15) is 0 Å². The van der Waals surface area contributed by atoms with Crippen LogP contribution >= 0.6 is 0 Å². The smallest absolute Gasteiger partial charge is 0.141 e. The SMILES string of the molecule is C=C(N(C)C)N1CC[C@@H](Cn2c(-c3ccc(-c4ccccc4)cc3)nc3cnccc32)C1. The first-order valence-electron chi connectivity index (χ1n) is 11.2. The fourth-order valence-corrected chi connectivity index (χ4v) is 4.59. The molecule has 5 nitrogen and oxygen atoms in total. The molecule has 32 heavy (non-hydrogen) atoms. The number of rotatable bonds is 6. The maximum atomic E-state index is 4.97. The second-order valence-corrected chi connectivity index (χ2v) is 8.77. The van der Waals surface area contributed by atoms with Crippen LogP contribution in [-0.2, 0) is 6.54 Å². The molecule has 4 aromatic rings. The van der Waals surface area contributed by atoms with E-state index in [0.29, 0.717) is 5.92 Å². The quantitative estimate of drug-likeness (QED) is 0.431. The van der Waals surface area contributed by atoms with Crippen molar-refractivity contribution in [2.45, 2.75) is 13.0 Å². The van der Waals surface area contributed by atoms with Gasteiger partial charge in [0.1, 0.15) is 11.3 Å². The van der Waals surface area contributed by atoms with E-state index in [2.05, 4.69) is 94.6 Å². The number of fused-ring (bicyclic) bond motifs is 1. The molecule has 3 heterocycles. The van der Waals surface area contributed by atoms with Gasteiger partial charge in [0.05, 0.1) is 17.5 Å². The van der Waals surface area contributed by atoms with Crippen molar-refractivity contribution in [3.8, 4) is 22.5 Å². The fraction of sp³-hybridized carbons (Fsp3) is 0.259. The van der Waals surface area contributed by atoms with Crippen molar-refractivity contribution < 1.29 is 0 Å². The Bertz CT molecular complexity index is 1220. The lowest BCUT2D eigenvalue weighted by molar-refractivity contribution is 0.291. The van der Waals surface area contributed by atoms with Gasteiger partial charge in [-0.15, -0.1) is 0 Å². The van der Waals surface area contributed by atoms with Crippen LogP contribution in [0.5, 0.6) is 0 Å². The summed E-state index contributed by atoms with van der Waals surface area (Å²) in [5, 5.41) is 0. The Morgan fingerprint density at radius 3 is 2.47 bits per heavy atom. The average Bonchev–Trinajstić information content (AvgIpc) is 3.45. The number of pyridine rings is 1. The second-order valence-electron chi connectivity index (χ2n) is 8.77. The van der Waals surface area contributed by atoms with Crippen LogP contribution in [0.15, 0.2) is 85.5 Å². The number of benzene rings is 2. The molecule has 0 spiro atoms. The van der Waals surface area contributed by atoms with Gasteiger partial charge in [0.2, 0.25) is 0 Å². The predicted octanol–water partition coefficient (Wildman–Crippen LogP) is 5.12. The van der Waals surface area contributed by atoms with Crippen LogP contribution in [0, 0.1) is 5.92 Å². The third-order valence-corrected chi connectivity index (χ3v) is 6.41. The molecule has 1 aliphatic rings. The highest BCUT2D eigenvalue weighted by Gasteiger charge is 2.26. The number of hydrogen-bond donors (Lipinski definition) is 0. The zero-order chi connectivity index (χ0) is 22.1. The van der Waals surface area contributed by atoms with Crippen molar-refractivity contribution in [3.05, 3.63) is 85.5 Å². The van der Waals surface area contributed by atoms with E-state index in [-0.39, 0.29) is 0 Å². The average molecular weight is 424 g/mol. The minimum atomic E-state index is 0.555. The third kappa shape index (κ3) is 3.86. The molecule has 5 rings (SSSR count). The number of likely N-dealkylation sites (tertiary alicyclic amines) is 1. The molecule has 2 aromatic heterocycles. The van der Waals surface area contributed by atoms with Crippen LogP contribution in [0.2, 0.25) is 0 Å². The van der Waals surface area contributed by atoms with Gasteiger partial charge in [-0.3, -0.25) is 4.98 Å². The summed E-state index contributed by atoms with van der Waals surface area (Å²) in [6.45, 7) is 7.25. The van der Waals surface area contributed by atoms with E-state index in [1.807, 2.05) is 18.5 Å². The van der Waals surface area contributed by atoms with E-state index in [0.717, 1.165) is 54.3 Å². The highest BCUT2D eigenvalue weighted by atomic mass is 15.3. The second kappa shape index (κ2) is 8.50. The maximum absolute atomic E-state index is 4.97. The summed E-state index contributed by atoms with van der Waals surface area (Å²) in [4.78, 5) is 13.8. The molecule has 1 fully saturated rings. The van der Waals surface area contributed by atoms with Crippen molar-refractivity contribution in [1.82, 2.24) is 24.3 Å². The van der Waals surface area contributed by atoms with Crippen LogP contribution in [0.3, 0.4) is 0 Å². The minimum absolute atomic E-state index is 0.555. The molecule has 0 amide bonds. The Morgan fingerprint density at radius 1 is 1.00 bits per heavy atom. The summed E-state index contributed by atoms with van der Waals surface area (Å²) in [6.07, 6.45) is 4.88. The zero-order valence-electron chi connectivity index (χ0n) is 18.8. The zero-order valence-corrected chi connectivity index (χ0v) is 18.8. The lowest BCUT2D eigenvalue weighted by Gasteiger charge is -2.27. The molecule has 1 aliphatic heterocycles. The molecule has 0 N–H and O–H groups in total. The molecule has 0 aliphatic carbocycles. The van der Waals surface area contributed by atoms with E-state index < -0.39 is 0 Å².